The van der Waals surface area contributed by atoms with Gasteiger partial charge in [0.1, 0.15) is 12.4 Å². The monoisotopic (exact) mass is 255 g/mol. The highest BCUT2D eigenvalue weighted by atomic mass is 35.5. The predicted octanol–water partition coefficient (Wildman–Crippen LogP) is 3.24. The number of nitrogens with two attached hydrogens (primary N) is 1. The van der Waals surface area contributed by atoms with Gasteiger partial charge in [-0.05, 0) is 17.0 Å². The number of fused-ring (bicyclic) bond motifs is 1. The van der Waals surface area contributed by atoms with E-state index in [4.69, 9.17) is 10.5 Å². The molecule has 0 unspecified atom stereocenters. The lowest BCUT2D eigenvalue weighted by Gasteiger charge is -2.13. The van der Waals surface area contributed by atoms with Crippen LogP contribution in [0, 0.1) is 0 Å². The van der Waals surface area contributed by atoms with Crippen molar-refractivity contribution in [1.29, 1.82) is 0 Å². The molecule has 0 aliphatic rings. The van der Waals surface area contributed by atoms with E-state index in [1.807, 2.05) is 36.4 Å². The van der Waals surface area contributed by atoms with Gasteiger partial charge in [-0.2, -0.15) is 0 Å². The van der Waals surface area contributed by atoms with Gasteiger partial charge in [-0.3, -0.25) is 0 Å². The van der Waals surface area contributed by atoms with Crippen molar-refractivity contribution in [2.24, 2.45) is 5.73 Å². The van der Waals surface area contributed by atoms with Gasteiger partial charge in [-0.1, -0.05) is 30.3 Å². The molecule has 0 aromatic heterocycles. The molecule has 1 atom stereocenters. The largest absolute Gasteiger partial charge is 0.496 e. The van der Waals surface area contributed by atoms with Gasteiger partial charge in [0.25, 0.3) is 0 Å². The van der Waals surface area contributed by atoms with Crippen LogP contribution in [0.2, 0.25) is 0 Å². The Kier molecular flexibility index (Phi) is 4.73. The van der Waals surface area contributed by atoms with Crippen LogP contribution in [0.3, 0.4) is 0 Å². The average Bonchev–Trinajstić information content (AvgIpc) is 2.36. The van der Waals surface area contributed by atoms with Crippen LogP contribution in [0.5, 0.6) is 5.75 Å². The fraction of sp³-hybridized carbons (Fsp3) is 0.231. The van der Waals surface area contributed by atoms with E-state index in [1.54, 1.807) is 7.11 Å². The van der Waals surface area contributed by atoms with Crippen molar-refractivity contribution >= 4 is 23.2 Å². The molecule has 0 spiro atoms. The number of hydrogen-bond acceptors (Lipinski definition) is 2. The van der Waals surface area contributed by atoms with E-state index in [9.17, 15) is 4.39 Å². The third-order valence-corrected chi connectivity index (χ3v) is 2.70. The molecule has 0 fully saturated rings. The summed E-state index contributed by atoms with van der Waals surface area (Å²) in [4.78, 5) is 0. The smallest absolute Gasteiger partial charge is 0.126 e. The molecular weight excluding hydrogens is 241 g/mol. The van der Waals surface area contributed by atoms with Crippen LogP contribution < -0.4 is 10.5 Å². The quantitative estimate of drug-likeness (QED) is 0.914. The van der Waals surface area contributed by atoms with Gasteiger partial charge in [-0.25, -0.2) is 4.39 Å². The minimum Gasteiger partial charge on any atom is -0.496 e. The number of methoxy groups -OCH3 is 1. The number of rotatable bonds is 3. The first kappa shape index (κ1) is 13.7. The molecule has 0 bridgehead atoms. The number of hydrogen-bond donors (Lipinski definition) is 1. The lowest BCUT2D eigenvalue weighted by molar-refractivity contribution is 0.418. The third kappa shape index (κ3) is 2.51. The molecule has 0 saturated heterocycles. The van der Waals surface area contributed by atoms with E-state index < -0.39 is 12.7 Å². The van der Waals surface area contributed by atoms with Crippen molar-refractivity contribution in [3.63, 3.8) is 0 Å². The standard InChI is InChI=1S/C13H14FNO.ClH/c1-16-13-7-6-10(12(15)8-14)9-4-2-3-5-11(9)13;/h2-7,12H,8,15H2,1H3;1H/t12-;/m1./s1. The highest BCUT2D eigenvalue weighted by Crippen LogP contribution is 2.30. The van der Waals surface area contributed by atoms with Crippen LogP contribution >= 0.6 is 12.4 Å². The molecule has 2 N–H and O–H groups in total. The van der Waals surface area contributed by atoms with Crippen molar-refractivity contribution in [2.75, 3.05) is 13.8 Å². The Morgan fingerprint density at radius 3 is 2.41 bits per heavy atom. The Labute approximate surface area is 106 Å². The van der Waals surface area contributed by atoms with Gasteiger partial charge in [0, 0.05) is 5.39 Å². The zero-order chi connectivity index (χ0) is 11.5. The Balaban J connectivity index is 0.00000144. The van der Waals surface area contributed by atoms with Crippen molar-refractivity contribution in [1.82, 2.24) is 0 Å². The van der Waals surface area contributed by atoms with Crippen LogP contribution in [-0.2, 0) is 0 Å². The Morgan fingerprint density at radius 2 is 1.82 bits per heavy atom. The molecule has 2 aromatic carbocycles. The first-order valence-corrected chi connectivity index (χ1v) is 5.15. The number of alkyl halides is 1. The van der Waals surface area contributed by atoms with E-state index in [-0.39, 0.29) is 12.4 Å². The second kappa shape index (κ2) is 5.84. The SMILES string of the molecule is COc1ccc([C@H](N)CF)c2ccccc12.Cl. The maximum Gasteiger partial charge on any atom is 0.126 e. The minimum absolute atomic E-state index is 0. The predicted molar refractivity (Wildman–Crippen MR) is 70.7 cm³/mol. The molecule has 0 aliphatic carbocycles. The summed E-state index contributed by atoms with van der Waals surface area (Å²) in [6, 6.07) is 10.8. The first-order valence-electron chi connectivity index (χ1n) is 5.15. The first-order chi connectivity index (χ1) is 7.77. The Morgan fingerprint density at radius 1 is 1.18 bits per heavy atom. The van der Waals surface area contributed by atoms with Gasteiger partial charge in [0.15, 0.2) is 0 Å². The van der Waals surface area contributed by atoms with Gasteiger partial charge in [0.2, 0.25) is 0 Å². The van der Waals surface area contributed by atoms with Crippen LogP contribution in [-0.4, -0.2) is 13.8 Å². The third-order valence-electron chi connectivity index (χ3n) is 2.70. The second-order valence-corrected chi connectivity index (χ2v) is 3.66. The van der Waals surface area contributed by atoms with Crippen molar-refractivity contribution in [3.05, 3.63) is 42.0 Å². The van der Waals surface area contributed by atoms with Gasteiger partial charge < -0.3 is 10.5 Å². The zero-order valence-corrected chi connectivity index (χ0v) is 10.3. The van der Waals surface area contributed by atoms with Crippen LogP contribution in [0.1, 0.15) is 11.6 Å². The number of halogens is 2. The minimum atomic E-state index is -0.573. The lowest BCUT2D eigenvalue weighted by Crippen LogP contribution is -2.12. The van der Waals surface area contributed by atoms with Crippen LogP contribution in [0.4, 0.5) is 4.39 Å². The van der Waals surface area contributed by atoms with Gasteiger partial charge in [-0.15, -0.1) is 12.4 Å². The van der Waals surface area contributed by atoms with Gasteiger partial charge in [0.05, 0.1) is 13.2 Å². The maximum absolute atomic E-state index is 12.6. The highest BCUT2D eigenvalue weighted by molar-refractivity contribution is 5.91. The molecule has 2 rings (SSSR count). The van der Waals surface area contributed by atoms with Crippen molar-refractivity contribution < 1.29 is 9.13 Å². The summed E-state index contributed by atoms with van der Waals surface area (Å²) in [5.74, 6) is 0.783. The van der Waals surface area contributed by atoms with Crippen LogP contribution in [0.15, 0.2) is 36.4 Å². The molecule has 0 aliphatic heterocycles. The molecule has 4 heteroatoms. The summed E-state index contributed by atoms with van der Waals surface area (Å²) in [6.07, 6.45) is 0. The Bertz CT molecular complexity index is 504. The second-order valence-electron chi connectivity index (χ2n) is 3.66. The van der Waals surface area contributed by atoms with E-state index >= 15 is 0 Å². The molecule has 92 valence electrons. The summed E-state index contributed by atoms with van der Waals surface area (Å²) in [6.45, 7) is -0.559. The summed E-state index contributed by atoms with van der Waals surface area (Å²) in [5, 5.41) is 1.92. The summed E-state index contributed by atoms with van der Waals surface area (Å²) in [7, 11) is 1.62. The molecule has 0 radical (unpaired) electrons. The molecule has 2 aromatic rings. The zero-order valence-electron chi connectivity index (χ0n) is 9.52. The normalized spacial score (nSPS) is 11.9. The fourth-order valence-corrected chi connectivity index (χ4v) is 1.88. The maximum atomic E-state index is 12.6. The molecule has 17 heavy (non-hydrogen) atoms. The Hall–Kier alpha value is -1.32. The summed E-state index contributed by atoms with van der Waals surface area (Å²) in [5.41, 5.74) is 6.55. The fourth-order valence-electron chi connectivity index (χ4n) is 1.88. The van der Waals surface area contributed by atoms with E-state index in [0.29, 0.717) is 0 Å². The topological polar surface area (TPSA) is 35.2 Å². The average molecular weight is 256 g/mol. The van der Waals surface area contributed by atoms with E-state index in [2.05, 4.69) is 0 Å². The van der Waals surface area contributed by atoms with E-state index in [1.165, 1.54) is 0 Å². The number of benzene rings is 2. The highest BCUT2D eigenvalue weighted by Gasteiger charge is 2.11. The van der Waals surface area contributed by atoms with E-state index in [0.717, 1.165) is 22.1 Å². The number of ether oxygens (including phenoxy) is 1. The molecule has 2 nitrogen and oxygen atoms in total. The van der Waals surface area contributed by atoms with Crippen molar-refractivity contribution in [3.8, 4) is 5.75 Å². The molecule has 0 heterocycles. The van der Waals surface area contributed by atoms with Gasteiger partial charge >= 0.3 is 0 Å². The van der Waals surface area contributed by atoms with Crippen LogP contribution in [0.25, 0.3) is 10.8 Å². The molecular formula is C13H15ClFNO. The lowest BCUT2D eigenvalue weighted by atomic mass is 9.99. The summed E-state index contributed by atoms with van der Waals surface area (Å²) < 4.78 is 17.9. The van der Waals surface area contributed by atoms with Crippen molar-refractivity contribution in [2.45, 2.75) is 6.04 Å². The summed E-state index contributed by atoms with van der Waals surface area (Å²) >= 11 is 0. The molecule has 0 saturated carbocycles. The molecule has 0 amide bonds.